The Balaban J connectivity index is 1.83. The molecule has 0 unspecified atom stereocenters. The van der Waals surface area contributed by atoms with Crippen molar-refractivity contribution < 1.29 is 4.79 Å². The molecule has 0 spiro atoms. The Labute approximate surface area is 155 Å². The summed E-state index contributed by atoms with van der Waals surface area (Å²) in [5, 5.41) is 4.17. The van der Waals surface area contributed by atoms with Crippen LogP contribution in [-0.2, 0) is 6.54 Å². The molecule has 1 N–H and O–H groups in total. The maximum absolute atomic E-state index is 13.1. The minimum atomic E-state index is -0.333. The molecule has 4 rings (SSSR count). The summed E-state index contributed by atoms with van der Waals surface area (Å²) in [6, 6.07) is 22.1. The van der Waals surface area contributed by atoms with Crippen LogP contribution >= 0.6 is 0 Å². The van der Waals surface area contributed by atoms with Crippen molar-refractivity contribution in [1.82, 2.24) is 9.55 Å². The van der Waals surface area contributed by atoms with Gasteiger partial charge in [0.15, 0.2) is 0 Å². The zero-order chi connectivity index (χ0) is 18.6. The minimum absolute atomic E-state index is 0.183. The second kappa shape index (κ2) is 7.25. The topological polar surface area (TPSA) is 64.0 Å². The molecule has 0 atom stereocenters. The Morgan fingerprint density at radius 2 is 1.63 bits per heavy atom. The minimum Gasteiger partial charge on any atom is -0.321 e. The van der Waals surface area contributed by atoms with Crippen LogP contribution in [0, 0.1) is 0 Å². The highest BCUT2D eigenvalue weighted by Gasteiger charge is 2.16. The van der Waals surface area contributed by atoms with Crippen molar-refractivity contribution in [1.29, 1.82) is 0 Å². The first-order valence-electron chi connectivity index (χ1n) is 8.60. The fraction of sp³-hybridized carbons (Fsp3) is 0.0455. The number of nitrogens with zero attached hydrogens (tertiary/aromatic N) is 2. The Morgan fingerprint density at radius 3 is 2.41 bits per heavy atom. The van der Waals surface area contributed by atoms with Gasteiger partial charge in [0.2, 0.25) is 0 Å². The number of carbonyl (C=O) groups excluding carboxylic acids is 1. The van der Waals surface area contributed by atoms with Gasteiger partial charge in [0.25, 0.3) is 11.5 Å². The lowest BCUT2D eigenvalue weighted by Gasteiger charge is -2.15. The van der Waals surface area contributed by atoms with E-state index in [1.807, 2.05) is 48.5 Å². The molecule has 27 heavy (non-hydrogen) atoms. The summed E-state index contributed by atoms with van der Waals surface area (Å²) < 4.78 is 1.52. The molecule has 0 saturated heterocycles. The third-order valence-corrected chi connectivity index (χ3v) is 4.37. The fourth-order valence-electron chi connectivity index (χ4n) is 3.04. The highest BCUT2D eigenvalue weighted by molar-refractivity contribution is 6.05. The SMILES string of the molecule is O=C(Nc1ccncc1)c1cc2ccccc2c(=O)n1Cc1ccccc1. The molecule has 2 aromatic carbocycles. The molecule has 0 aliphatic carbocycles. The molecule has 0 radical (unpaired) electrons. The second-order valence-electron chi connectivity index (χ2n) is 6.18. The predicted octanol–water partition coefficient (Wildman–Crippen LogP) is 3.70. The van der Waals surface area contributed by atoms with Gasteiger partial charge in [0.1, 0.15) is 5.69 Å². The summed E-state index contributed by atoms with van der Waals surface area (Å²) >= 11 is 0. The van der Waals surface area contributed by atoms with Gasteiger partial charge in [0.05, 0.1) is 6.54 Å². The van der Waals surface area contributed by atoms with Crippen LogP contribution < -0.4 is 10.9 Å². The summed E-state index contributed by atoms with van der Waals surface area (Å²) in [6.07, 6.45) is 3.21. The van der Waals surface area contributed by atoms with Crippen molar-refractivity contribution in [2.75, 3.05) is 5.32 Å². The van der Waals surface area contributed by atoms with E-state index in [0.717, 1.165) is 10.9 Å². The van der Waals surface area contributed by atoms with E-state index in [1.54, 1.807) is 36.7 Å². The zero-order valence-corrected chi connectivity index (χ0v) is 14.5. The molecule has 1 amide bonds. The molecule has 0 fully saturated rings. The highest BCUT2D eigenvalue weighted by atomic mass is 16.2. The molecule has 0 aliphatic rings. The molecular formula is C22H17N3O2. The standard InChI is InChI=1S/C22H17N3O2/c26-21(24-18-10-12-23-13-11-18)20-14-17-8-4-5-9-19(17)22(27)25(20)15-16-6-2-1-3-7-16/h1-14H,15H2,(H,23,24,26). The van der Waals surface area contributed by atoms with Gasteiger partial charge < -0.3 is 5.32 Å². The van der Waals surface area contributed by atoms with E-state index < -0.39 is 0 Å². The number of aromatic nitrogens is 2. The van der Waals surface area contributed by atoms with Crippen LogP contribution in [-0.4, -0.2) is 15.5 Å². The number of rotatable bonds is 4. The molecule has 0 bridgehead atoms. The summed E-state index contributed by atoms with van der Waals surface area (Å²) in [5.41, 5.74) is 1.71. The van der Waals surface area contributed by atoms with E-state index in [1.165, 1.54) is 4.57 Å². The maximum atomic E-state index is 13.1. The van der Waals surface area contributed by atoms with Gasteiger partial charge in [-0.25, -0.2) is 0 Å². The van der Waals surface area contributed by atoms with Crippen LogP contribution in [0.2, 0.25) is 0 Å². The van der Waals surface area contributed by atoms with Crippen LogP contribution in [0.3, 0.4) is 0 Å². The van der Waals surface area contributed by atoms with E-state index in [-0.39, 0.29) is 11.5 Å². The maximum Gasteiger partial charge on any atom is 0.272 e. The van der Waals surface area contributed by atoms with E-state index >= 15 is 0 Å². The summed E-state index contributed by atoms with van der Waals surface area (Å²) in [7, 11) is 0. The Bertz CT molecular complexity index is 1150. The predicted molar refractivity (Wildman–Crippen MR) is 106 cm³/mol. The summed E-state index contributed by atoms with van der Waals surface area (Å²) in [5.74, 6) is -0.333. The molecule has 2 aromatic heterocycles. The van der Waals surface area contributed by atoms with Gasteiger partial charge in [-0.2, -0.15) is 0 Å². The van der Waals surface area contributed by atoms with Crippen molar-refractivity contribution in [2.24, 2.45) is 0 Å². The van der Waals surface area contributed by atoms with Crippen molar-refractivity contribution in [3.63, 3.8) is 0 Å². The van der Waals surface area contributed by atoms with Crippen LogP contribution in [0.15, 0.2) is 90.0 Å². The van der Waals surface area contributed by atoms with Gasteiger partial charge in [-0.3, -0.25) is 19.1 Å². The number of pyridine rings is 2. The summed E-state index contributed by atoms with van der Waals surface area (Å²) in [6.45, 7) is 0.323. The van der Waals surface area contributed by atoms with Crippen LogP contribution in [0.25, 0.3) is 10.8 Å². The first kappa shape index (κ1) is 16.7. The second-order valence-corrected chi connectivity index (χ2v) is 6.18. The molecule has 0 saturated carbocycles. The van der Waals surface area contributed by atoms with Gasteiger partial charge in [-0.1, -0.05) is 48.5 Å². The third-order valence-electron chi connectivity index (χ3n) is 4.37. The number of nitrogens with one attached hydrogen (secondary N) is 1. The summed E-state index contributed by atoms with van der Waals surface area (Å²) in [4.78, 5) is 30.0. The van der Waals surface area contributed by atoms with E-state index in [9.17, 15) is 9.59 Å². The number of benzene rings is 2. The first-order chi connectivity index (χ1) is 13.2. The Hall–Kier alpha value is -3.73. The number of fused-ring (bicyclic) bond motifs is 1. The monoisotopic (exact) mass is 355 g/mol. The largest absolute Gasteiger partial charge is 0.321 e. The smallest absolute Gasteiger partial charge is 0.272 e. The average Bonchev–Trinajstić information content (AvgIpc) is 2.71. The van der Waals surface area contributed by atoms with Crippen molar-refractivity contribution in [3.05, 3.63) is 107 Å². The highest BCUT2D eigenvalue weighted by Crippen LogP contribution is 2.15. The van der Waals surface area contributed by atoms with Gasteiger partial charge in [-0.15, -0.1) is 0 Å². The quantitative estimate of drug-likeness (QED) is 0.607. The number of carbonyl (C=O) groups is 1. The first-order valence-corrected chi connectivity index (χ1v) is 8.60. The molecule has 5 nitrogen and oxygen atoms in total. The fourth-order valence-corrected chi connectivity index (χ4v) is 3.04. The lowest BCUT2D eigenvalue weighted by molar-refractivity contribution is 0.101. The van der Waals surface area contributed by atoms with Gasteiger partial charge in [-0.05, 0) is 35.2 Å². The number of amides is 1. The Kier molecular flexibility index (Phi) is 4.49. The van der Waals surface area contributed by atoms with E-state index in [4.69, 9.17) is 0 Å². The number of anilines is 1. The van der Waals surface area contributed by atoms with Crippen molar-refractivity contribution >= 4 is 22.4 Å². The van der Waals surface area contributed by atoms with Crippen LogP contribution in [0.4, 0.5) is 5.69 Å². The normalized spacial score (nSPS) is 10.7. The third kappa shape index (κ3) is 3.48. The number of hydrogen-bond acceptors (Lipinski definition) is 3. The molecule has 132 valence electrons. The van der Waals surface area contributed by atoms with Gasteiger partial charge >= 0.3 is 0 Å². The number of hydrogen-bond donors (Lipinski definition) is 1. The van der Waals surface area contributed by atoms with Crippen LogP contribution in [0.1, 0.15) is 16.1 Å². The van der Waals surface area contributed by atoms with E-state index in [2.05, 4.69) is 10.3 Å². The molecule has 4 aromatic rings. The van der Waals surface area contributed by atoms with Gasteiger partial charge in [0, 0.05) is 23.5 Å². The van der Waals surface area contributed by atoms with E-state index in [0.29, 0.717) is 23.3 Å². The lowest BCUT2D eigenvalue weighted by atomic mass is 10.1. The molecule has 2 heterocycles. The van der Waals surface area contributed by atoms with Crippen molar-refractivity contribution in [2.45, 2.75) is 6.54 Å². The molecule has 0 aliphatic heterocycles. The van der Waals surface area contributed by atoms with Crippen LogP contribution in [0.5, 0.6) is 0 Å². The van der Waals surface area contributed by atoms with Crippen molar-refractivity contribution in [3.8, 4) is 0 Å². The molecular weight excluding hydrogens is 338 g/mol. The zero-order valence-electron chi connectivity index (χ0n) is 14.5. The average molecular weight is 355 g/mol. The molecule has 5 heteroatoms. The Morgan fingerprint density at radius 1 is 0.926 bits per heavy atom. The lowest BCUT2D eigenvalue weighted by Crippen LogP contribution is -2.29.